The van der Waals surface area contributed by atoms with Gasteiger partial charge in [0.2, 0.25) is 5.91 Å². The Bertz CT molecular complexity index is 503. The van der Waals surface area contributed by atoms with E-state index in [-0.39, 0.29) is 5.56 Å². The van der Waals surface area contributed by atoms with E-state index in [9.17, 15) is 22.8 Å². The molecule has 0 unspecified atom stereocenters. The molecule has 104 valence electrons. The molecule has 0 spiro atoms. The van der Waals surface area contributed by atoms with Gasteiger partial charge >= 0.3 is 6.18 Å². The summed E-state index contributed by atoms with van der Waals surface area (Å²) in [6, 6.07) is 2.53. The van der Waals surface area contributed by atoms with Crippen molar-refractivity contribution in [2.45, 2.75) is 6.18 Å². The fourth-order valence-electron chi connectivity index (χ4n) is 1.22. The number of benzene rings is 1. The summed E-state index contributed by atoms with van der Waals surface area (Å²) in [7, 11) is 0. The van der Waals surface area contributed by atoms with Crippen LogP contribution in [-0.2, 0) is 11.0 Å². The summed E-state index contributed by atoms with van der Waals surface area (Å²) < 4.78 is 42.9. The molecule has 2 amide bonds. The van der Waals surface area contributed by atoms with Crippen molar-refractivity contribution in [1.29, 1.82) is 0 Å². The van der Waals surface area contributed by atoms with E-state index in [0.717, 1.165) is 12.1 Å². The Balaban J connectivity index is 3.10. The second-order valence-corrected chi connectivity index (χ2v) is 3.43. The Labute approximate surface area is 105 Å². The summed E-state index contributed by atoms with van der Waals surface area (Å²) in [6.07, 6.45) is -4.75. The van der Waals surface area contributed by atoms with Crippen molar-refractivity contribution in [3.8, 4) is 5.75 Å². The van der Waals surface area contributed by atoms with Crippen LogP contribution in [0.25, 0.3) is 0 Å². The van der Waals surface area contributed by atoms with Gasteiger partial charge < -0.3 is 10.5 Å². The molecule has 0 saturated heterocycles. The number of alkyl halides is 3. The lowest BCUT2D eigenvalue weighted by Gasteiger charge is -2.14. The molecule has 1 aromatic carbocycles. The lowest BCUT2D eigenvalue weighted by molar-refractivity contribution is -0.139. The summed E-state index contributed by atoms with van der Waals surface area (Å²) in [5.41, 5.74) is 5.08. The topological polar surface area (TPSA) is 107 Å². The third kappa shape index (κ3) is 3.85. The van der Waals surface area contributed by atoms with Gasteiger partial charge in [-0.2, -0.15) is 13.2 Å². The number of carbonyl (C=O) groups is 2. The number of primary amides is 1. The molecule has 0 bridgehead atoms. The average Bonchev–Trinajstić information content (AvgIpc) is 2.34. The van der Waals surface area contributed by atoms with E-state index in [1.165, 1.54) is 0 Å². The van der Waals surface area contributed by atoms with Crippen molar-refractivity contribution in [2.75, 3.05) is 6.61 Å². The molecular formula is C10H10F3N3O3. The predicted octanol–water partition coefficient (Wildman–Crippen LogP) is 0.173. The SMILES string of the molecule is NNC(=O)COc1ccc(C(N)=O)cc1C(F)(F)F. The highest BCUT2D eigenvalue weighted by atomic mass is 19.4. The summed E-state index contributed by atoms with van der Waals surface area (Å²) >= 11 is 0. The smallest absolute Gasteiger partial charge is 0.419 e. The molecule has 0 aromatic heterocycles. The third-order valence-corrected chi connectivity index (χ3v) is 2.09. The lowest BCUT2D eigenvalue weighted by Crippen LogP contribution is -2.34. The van der Waals surface area contributed by atoms with E-state index < -0.39 is 35.9 Å². The number of hydrogen-bond acceptors (Lipinski definition) is 4. The highest BCUT2D eigenvalue weighted by molar-refractivity contribution is 5.93. The molecule has 0 heterocycles. The van der Waals surface area contributed by atoms with Crippen LogP contribution < -0.4 is 21.7 Å². The van der Waals surface area contributed by atoms with Crippen LogP contribution >= 0.6 is 0 Å². The van der Waals surface area contributed by atoms with Crippen LogP contribution in [0.3, 0.4) is 0 Å². The van der Waals surface area contributed by atoms with Gasteiger partial charge in [0.15, 0.2) is 6.61 Å². The quantitative estimate of drug-likeness (QED) is 0.414. The van der Waals surface area contributed by atoms with Gasteiger partial charge in [0, 0.05) is 5.56 Å². The Hall–Kier alpha value is -2.29. The van der Waals surface area contributed by atoms with Crippen LogP contribution in [0.5, 0.6) is 5.75 Å². The zero-order valence-corrected chi connectivity index (χ0v) is 9.45. The molecule has 0 fully saturated rings. The number of amides is 2. The first-order chi connectivity index (χ1) is 8.75. The first-order valence-electron chi connectivity index (χ1n) is 4.89. The number of halogens is 3. The highest BCUT2D eigenvalue weighted by Crippen LogP contribution is 2.36. The van der Waals surface area contributed by atoms with Gasteiger partial charge in [0.25, 0.3) is 5.91 Å². The number of ether oxygens (including phenoxy) is 1. The highest BCUT2D eigenvalue weighted by Gasteiger charge is 2.35. The Morgan fingerprint density at radius 3 is 2.42 bits per heavy atom. The Morgan fingerprint density at radius 1 is 1.32 bits per heavy atom. The lowest BCUT2D eigenvalue weighted by atomic mass is 10.1. The van der Waals surface area contributed by atoms with Crippen molar-refractivity contribution >= 4 is 11.8 Å². The van der Waals surface area contributed by atoms with Crippen LogP contribution in [0, 0.1) is 0 Å². The molecule has 0 aliphatic carbocycles. The Morgan fingerprint density at radius 2 is 1.95 bits per heavy atom. The predicted molar refractivity (Wildman–Crippen MR) is 57.8 cm³/mol. The Kier molecular flexibility index (Phi) is 4.33. The van der Waals surface area contributed by atoms with Crippen LogP contribution in [0.15, 0.2) is 18.2 Å². The van der Waals surface area contributed by atoms with Crippen LogP contribution in [0.2, 0.25) is 0 Å². The summed E-state index contributed by atoms with van der Waals surface area (Å²) in [5, 5.41) is 0. The van der Waals surface area contributed by atoms with Crippen LogP contribution in [0.4, 0.5) is 13.2 Å². The summed E-state index contributed by atoms with van der Waals surface area (Å²) in [5.74, 6) is 2.36. The van der Waals surface area contributed by atoms with Crippen molar-refractivity contribution in [2.24, 2.45) is 11.6 Å². The largest absolute Gasteiger partial charge is 0.483 e. The molecule has 0 aliphatic heterocycles. The standard InChI is InChI=1S/C10H10F3N3O3/c11-10(12,13)6-3-5(9(14)18)1-2-7(6)19-4-8(17)16-15/h1-3H,4,15H2,(H2,14,18)(H,16,17). The molecular weight excluding hydrogens is 267 g/mol. The average molecular weight is 277 g/mol. The van der Waals surface area contributed by atoms with Crippen molar-refractivity contribution in [3.63, 3.8) is 0 Å². The van der Waals surface area contributed by atoms with E-state index in [1.807, 2.05) is 0 Å². The molecule has 1 aromatic rings. The van der Waals surface area contributed by atoms with E-state index in [2.05, 4.69) is 4.74 Å². The third-order valence-electron chi connectivity index (χ3n) is 2.09. The van der Waals surface area contributed by atoms with Gasteiger partial charge in [-0.25, -0.2) is 5.84 Å². The first kappa shape index (κ1) is 14.8. The number of hydrogen-bond donors (Lipinski definition) is 3. The number of nitrogens with two attached hydrogens (primary N) is 2. The molecule has 0 atom stereocenters. The number of carbonyl (C=O) groups excluding carboxylic acids is 2. The minimum Gasteiger partial charge on any atom is -0.483 e. The fourth-order valence-corrected chi connectivity index (χ4v) is 1.22. The second kappa shape index (κ2) is 5.57. The molecule has 0 radical (unpaired) electrons. The molecule has 0 aliphatic rings. The fraction of sp³-hybridized carbons (Fsp3) is 0.200. The molecule has 19 heavy (non-hydrogen) atoms. The minimum absolute atomic E-state index is 0.317. The van der Waals surface area contributed by atoms with Gasteiger partial charge in [-0.1, -0.05) is 0 Å². The first-order valence-corrected chi connectivity index (χ1v) is 4.89. The normalized spacial score (nSPS) is 10.9. The number of hydrazine groups is 1. The zero-order chi connectivity index (χ0) is 14.6. The van der Waals surface area contributed by atoms with Gasteiger partial charge in [0.1, 0.15) is 5.75 Å². The van der Waals surface area contributed by atoms with Gasteiger partial charge in [0.05, 0.1) is 5.56 Å². The van der Waals surface area contributed by atoms with E-state index in [1.54, 1.807) is 5.43 Å². The summed E-state index contributed by atoms with van der Waals surface area (Å²) in [4.78, 5) is 21.6. The van der Waals surface area contributed by atoms with E-state index in [4.69, 9.17) is 11.6 Å². The van der Waals surface area contributed by atoms with E-state index >= 15 is 0 Å². The van der Waals surface area contributed by atoms with E-state index in [0.29, 0.717) is 6.07 Å². The maximum Gasteiger partial charge on any atom is 0.419 e. The molecule has 1 rings (SSSR count). The monoisotopic (exact) mass is 277 g/mol. The van der Waals surface area contributed by atoms with Gasteiger partial charge in [-0.3, -0.25) is 15.0 Å². The summed E-state index contributed by atoms with van der Waals surface area (Å²) in [6.45, 7) is -0.685. The van der Waals surface area contributed by atoms with Crippen molar-refractivity contribution in [1.82, 2.24) is 5.43 Å². The molecule has 9 heteroatoms. The maximum absolute atomic E-state index is 12.7. The van der Waals surface area contributed by atoms with Crippen LogP contribution in [0.1, 0.15) is 15.9 Å². The zero-order valence-electron chi connectivity index (χ0n) is 9.45. The number of rotatable bonds is 4. The van der Waals surface area contributed by atoms with Crippen LogP contribution in [-0.4, -0.2) is 18.4 Å². The van der Waals surface area contributed by atoms with Gasteiger partial charge in [-0.05, 0) is 18.2 Å². The molecule has 6 nitrogen and oxygen atoms in total. The maximum atomic E-state index is 12.7. The van der Waals surface area contributed by atoms with Crippen molar-refractivity contribution < 1.29 is 27.5 Å². The van der Waals surface area contributed by atoms with Crippen molar-refractivity contribution in [3.05, 3.63) is 29.3 Å². The number of nitrogens with one attached hydrogen (secondary N) is 1. The molecule has 0 saturated carbocycles. The van der Waals surface area contributed by atoms with Gasteiger partial charge in [-0.15, -0.1) is 0 Å². The minimum atomic E-state index is -4.75. The molecule has 5 N–H and O–H groups in total. The second-order valence-electron chi connectivity index (χ2n) is 3.43.